The number of aliphatic imine (C=N–C) groups is 1. The fraction of sp³-hybridized carbons (Fsp3) is 0.429. The first kappa shape index (κ1) is 17.6. The highest BCUT2D eigenvalue weighted by Gasteiger charge is 2.45. The number of carbonyl (C=O) groups is 2. The van der Waals surface area contributed by atoms with Gasteiger partial charge in [-0.25, -0.2) is 0 Å². The molecule has 1 N–H and O–H groups in total. The average molecular weight is 364 g/mol. The number of amides is 2. The SMILES string of the molecule is CCc1ccc2nc(C)cc(C(=O)N3CCC4(CC3)N=C(C)NC4=O)c2c1. The van der Waals surface area contributed by atoms with Crippen molar-refractivity contribution < 1.29 is 9.59 Å². The van der Waals surface area contributed by atoms with Gasteiger partial charge in [-0.2, -0.15) is 0 Å². The van der Waals surface area contributed by atoms with Crippen LogP contribution in [0.1, 0.15) is 48.3 Å². The molecular weight excluding hydrogens is 340 g/mol. The van der Waals surface area contributed by atoms with E-state index in [0.29, 0.717) is 37.3 Å². The van der Waals surface area contributed by atoms with E-state index in [1.165, 1.54) is 5.56 Å². The van der Waals surface area contributed by atoms with Crippen LogP contribution in [0.15, 0.2) is 29.3 Å². The summed E-state index contributed by atoms with van der Waals surface area (Å²) in [4.78, 5) is 36.5. The van der Waals surface area contributed by atoms with Gasteiger partial charge in [0.25, 0.3) is 11.8 Å². The van der Waals surface area contributed by atoms with Crippen molar-refractivity contribution in [3.8, 4) is 0 Å². The molecule has 2 aliphatic rings. The number of likely N-dealkylation sites (tertiary alicyclic amines) is 1. The van der Waals surface area contributed by atoms with Gasteiger partial charge in [0.05, 0.1) is 11.1 Å². The number of aromatic nitrogens is 1. The van der Waals surface area contributed by atoms with Crippen LogP contribution in [0, 0.1) is 6.92 Å². The van der Waals surface area contributed by atoms with Crippen LogP contribution >= 0.6 is 0 Å². The van der Waals surface area contributed by atoms with E-state index in [1.54, 1.807) is 6.92 Å². The van der Waals surface area contributed by atoms with Gasteiger partial charge < -0.3 is 10.2 Å². The zero-order chi connectivity index (χ0) is 19.2. The highest BCUT2D eigenvalue weighted by atomic mass is 16.2. The highest BCUT2D eigenvalue weighted by molar-refractivity contribution is 6.08. The monoisotopic (exact) mass is 364 g/mol. The molecule has 1 aromatic heterocycles. The van der Waals surface area contributed by atoms with E-state index in [9.17, 15) is 9.59 Å². The van der Waals surface area contributed by atoms with Crippen LogP contribution < -0.4 is 5.32 Å². The summed E-state index contributed by atoms with van der Waals surface area (Å²) < 4.78 is 0. The van der Waals surface area contributed by atoms with Crippen molar-refractivity contribution in [2.75, 3.05) is 13.1 Å². The Morgan fingerprint density at radius 3 is 2.59 bits per heavy atom. The molecule has 0 aliphatic carbocycles. The first-order chi connectivity index (χ1) is 12.9. The van der Waals surface area contributed by atoms with Gasteiger partial charge in [0.1, 0.15) is 11.4 Å². The Balaban J connectivity index is 1.63. The number of fused-ring (bicyclic) bond motifs is 1. The Labute approximate surface area is 158 Å². The lowest BCUT2D eigenvalue weighted by atomic mass is 9.87. The van der Waals surface area contributed by atoms with E-state index in [-0.39, 0.29) is 11.8 Å². The minimum Gasteiger partial charge on any atom is -0.338 e. The van der Waals surface area contributed by atoms with Crippen LogP contribution in [0.5, 0.6) is 0 Å². The van der Waals surface area contributed by atoms with Crippen molar-refractivity contribution in [1.82, 2.24) is 15.2 Å². The maximum Gasteiger partial charge on any atom is 0.254 e. The van der Waals surface area contributed by atoms with Crippen molar-refractivity contribution in [1.29, 1.82) is 0 Å². The zero-order valence-electron chi connectivity index (χ0n) is 16.0. The second-order valence-corrected chi connectivity index (χ2v) is 7.49. The Morgan fingerprint density at radius 2 is 1.96 bits per heavy atom. The van der Waals surface area contributed by atoms with Crippen molar-refractivity contribution in [2.24, 2.45) is 4.99 Å². The molecule has 4 rings (SSSR count). The summed E-state index contributed by atoms with van der Waals surface area (Å²) in [6.45, 7) is 6.87. The van der Waals surface area contributed by atoms with Crippen LogP contribution in [0.3, 0.4) is 0 Å². The number of rotatable bonds is 2. The topological polar surface area (TPSA) is 74.7 Å². The van der Waals surface area contributed by atoms with Crippen molar-refractivity contribution >= 4 is 28.6 Å². The number of hydrogen-bond donors (Lipinski definition) is 1. The normalized spacial score (nSPS) is 18.7. The first-order valence-electron chi connectivity index (χ1n) is 9.49. The molecule has 6 nitrogen and oxygen atoms in total. The quantitative estimate of drug-likeness (QED) is 0.890. The molecule has 1 aromatic carbocycles. The molecule has 6 heteroatoms. The molecule has 0 unspecified atom stereocenters. The van der Waals surface area contributed by atoms with Crippen LogP contribution in [0.4, 0.5) is 0 Å². The third-order valence-corrected chi connectivity index (χ3v) is 5.62. The largest absolute Gasteiger partial charge is 0.338 e. The van der Waals surface area contributed by atoms with Gasteiger partial charge in [-0.15, -0.1) is 0 Å². The van der Waals surface area contributed by atoms with Gasteiger partial charge in [-0.3, -0.25) is 19.6 Å². The Kier molecular flexibility index (Phi) is 4.21. The van der Waals surface area contributed by atoms with Gasteiger partial charge in [0.2, 0.25) is 0 Å². The van der Waals surface area contributed by atoms with E-state index >= 15 is 0 Å². The third-order valence-electron chi connectivity index (χ3n) is 5.62. The van der Waals surface area contributed by atoms with Crippen LogP contribution in [0.25, 0.3) is 10.9 Å². The molecule has 0 saturated carbocycles. The zero-order valence-corrected chi connectivity index (χ0v) is 16.0. The lowest BCUT2D eigenvalue weighted by molar-refractivity contribution is -0.125. The van der Waals surface area contributed by atoms with Crippen LogP contribution in [-0.2, 0) is 11.2 Å². The second kappa shape index (κ2) is 6.44. The average Bonchev–Trinajstić information content (AvgIpc) is 2.93. The fourth-order valence-electron chi connectivity index (χ4n) is 4.07. The molecule has 1 saturated heterocycles. The van der Waals surface area contributed by atoms with Gasteiger partial charge in [0.15, 0.2) is 0 Å². The standard InChI is InChI=1S/C21H24N4O2/c1-4-15-5-6-18-16(12-15)17(11-13(2)22-18)19(26)25-9-7-21(8-10-25)20(27)23-14(3)24-21/h5-6,11-12H,4,7-10H2,1-3H3,(H,23,24,27). The predicted molar refractivity (Wildman–Crippen MR) is 105 cm³/mol. The van der Waals surface area contributed by atoms with E-state index in [2.05, 4.69) is 34.3 Å². The summed E-state index contributed by atoms with van der Waals surface area (Å²) in [5.74, 6) is 0.639. The van der Waals surface area contributed by atoms with Crippen molar-refractivity contribution in [3.63, 3.8) is 0 Å². The molecule has 0 radical (unpaired) electrons. The molecule has 0 atom stereocenters. The van der Waals surface area contributed by atoms with Crippen molar-refractivity contribution in [3.05, 3.63) is 41.1 Å². The lowest BCUT2D eigenvalue weighted by Gasteiger charge is -2.35. The predicted octanol–water partition coefficient (Wildman–Crippen LogP) is 2.63. The summed E-state index contributed by atoms with van der Waals surface area (Å²) in [5, 5.41) is 3.70. The number of carbonyl (C=O) groups excluding carboxylic acids is 2. The second-order valence-electron chi connectivity index (χ2n) is 7.49. The number of hydrogen-bond acceptors (Lipinski definition) is 4. The summed E-state index contributed by atoms with van der Waals surface area (Å²) in [6.07, 6.45) is 2.03. The molecule has 3 heterocycles. The number of nitrogens with zero attached hydrogens (tertiary/aromatic N) is 3. The summed E-state index contributed by atoms with van der Waals surface area (Å²) >= 11 is 0. The molecule has 27 heavy (non-hydrogen) atoms. The summed E-state index contributed by atoms with van der Waals surface area (Å²) in [5.41, 5.74) is 2.87. The summed E-state index contributed by atoms with van der Waals surface area (Å²) in [7, 11) is 0. The number of piperidine rings is 1. The number of amidine groups is 1. The van der Waals surface area contributed by atoms with Gasteiger partial charge in [-0.1, -0.05) is 13.0 Å². The maximum atomic E-state index is 13.3. The smallest absolute Gasteiger partial charge is 0.254 e. The number of benzene rings is 1. The first-order valence-corrected chi connectivity index (χ1v) is 9.49. The molecule has 2 amide bonds. The number of nitrogens with one attached hydrogen (secondary N) is 1. The van der Waals surface area contributed by atoms with Crippen molar-refractivity contribution in [2.45, 2.75) is 45.6 Å². The van der Waals surface area contributed by atoms with Crippen LogP contribution in [0.2, 0.25) is 0 Å². The molecule has 0 bridgehead atoms. The van der Waals surface area contributed by atoms with Gasteiger partial charge in [-0.05, 0) is 56.9 Å². The molecule has 1 spiro atoms. The molecule has 2 aliphatic heterocycles. The minimum atomic E-state index is -0.688. The molecular formula is C21H24N4O2. The maximum absolute atomic E-state index is 13.3. The molecule has 2 aromatic rings. The number of pyridine rings is 1. The van der Waals surface area contributed by atoms with E-state index in [1.807, 2.05) is 24.0 Å². The molecule has 1 fully saturated rings. The third kappa shape index (κ3) is 2.99. The van der Waals surface area contributed by atoms with E-state index in [4.69, 9.17) is 0 Å². The lowest BCUT2D eigenvalue weighted by Crippen LogP contribution is -2.50. The summed E-state index contributed by atoms with van der Waals surface area (Å²) in [6, 6.07) is 7.99. The Morgan fingerprint density at radius 1 is 1.22 bits per heavy atom. The van der Waals surface area contributed by atoms with Crippen LogP contribution in [-0.4, -0.2) is 46.2 Å². The van der Waals surface area contributed by atoms with Gasteiger partial charge in [0, 0.05) is 24.2 Å². The van der Waals surface area contributed by atoms with E-state index in [0.717, 1.165) is 23.0 Å². The highest BCUT2D eigenvalue weighted by Crippen LogP contribution is 2.31. The number of aryl methyl sites for hydroxylation is 2. The fourth-order valence-corrected chi connectivity index (χ4v) is 4.07. The van der Waals surface area contributed by atoms with Gasteiger partial charge >= 0.3 is 0 Å². The minimum absolute atomic E-state index is 0.00714. The van der Waals surface area contributed by atoms with E-state index < -0.39 is 5.54 Å². The Bertz CT molecular complexity index is 972. The molecule has 140 valence electrons. The Hall–Kier alpha value is -2.76.